The number of ketones is 1. The summed E-state index contributed by atoms with van der Waals surface area (Å²) < 4.78 is 6.17. The maximum atomic E-state index is 12.3. The first kappa shape index (κ1) is 17.9. The van der Waals surface area contributed by atoms with Crippen molar-refractivity contribution < 1.29 is 9.53 Å². The van der Waals surface area contributed by atoms with E-state index < -0.39 is 0 Å². The summed E-state index contributed by atoms with van der Waals surface area (Å²) in [5.74, 6) is 2.44. The number of halogens is 1. The fraction of sp³-hybridized carbons (Fsp3) is 0.522. The first-order chi connectivity index (χ1) is 12.5. The second-order valence-electron chi connectivity index (χ2n) is 8.61. The zero-order valence-corrected chi connectivity index (χ0v) is 16.1. The Bertz CT molecular complexity index is 684. The van der Waals surface area contributed by atoms with E-state index in [1.165, 1.54) is 31.1 Å². The number of benzene rings is 1. The third-order valence-electron chi connectivity index (χ3n) is 6.49. The van der Waals surface area contributed by atoms with Crippen LogP contribution in [0.15, 0.2) is 53.8 Å². The molecule has 1 atom stereocenters. The van der Waals surface area contributed by atoms with Crippen molar-refractivity contribution in [3.63, 3.8) is 0 Å². The minimum atomic E-state index is -0.181. The van der Waals surface area contributed by atoms with Gasteiger partial charge in [-0.3, -0.25) is 4.79 Å². The normalized spacial score (nSPS) is 34.2. The molecule has 0 heterocycles. The van der Waals surface area contributed by atoms with Crippen LogP contribution in [0.25, 0.3) is 0 Å². The molecule has 0 N–H and O–H groups in total. The zero-order chi connectivity index (χ0) is 18.1. The summed E-state index contributed by atoms with van der Waals surface area (Å²) in [6.07, 6.45) is 12.5. The summed E-state index contributed by atoms with van der Waals surface area (Å²) in [7, 11) is 0. The number of rotatable bonds is 6. The molecule has 0 aliphatic heterocycles. The van der Waals surface area contributed by atoms with Crippen molar-refractivity contribution in [3.05, 3.63) is 59.3 Å². The molecule has 4 aliphatic rings. The van der Waals surface area contributed by atoms with Gasteiger partial charge in [0.25, 0.3) is 0 Å². The van der Waals surface area contributed by atoms with Crippen molar-refractivity contribution in [2.45, 2.75) is 57.0 Å². The molecule has 1 aromatic carbocycles. The number of hydrogen-bond donors (Lipinski definition) is 0. The SMILES string of the molecule is CC(/C=C\C(=O)/C(Cl)=C/OC12CC3CC(CC(C3)C1)C2)c1ccccc1. The van der Waals surface area contributed by atoms with Crippen LogP contribution in [0, 0.1) is 17.8 Å². The second-order valence-corrected chi connectivity index (χ2v) is 9.01. The summed E-state index contributed by atoms with van der Waals surface area (Å²) in [4.78, 5) is 12.3. The fourth-order valence-corrected chi connectivity index (χ4v) is 5.70. The molecule has 4 bridgehead atoms. The van der Waals surface area contributed by atoms with Crippen molar-refractivity contribution in [2.75, 3.05) is 0 Å². The molecule has 4 aliphatic carbocycles. The maximum Gasteiger partial charge on any atom is 0.200 e. The Morgan fingerprint density at radius 2 is 1.69 bits per heavy atom. The van der Waals surface area contributed by atoms with Gasteiger partial charge in [-0.15, -0.1) is 0 Å². The Kier molecular flexibility index (Phi) is 4.96. The van der Waals surface area contributed by atoms with Crippen molar-refractivity contribution >= 4 is 17.4 Å². The largest absolute Gasteiger partial charge is 0.493 e. The van der Waals surface area contributed by atoms with Gasteiger partial charge in [0.2, 0.25) is 0 Å². The first-order valence-electron chi connectivity index (χ1n) is 9.84. The van der Waals surface area contributed by atoms with Gasteiger partial charge in [-0.2, -0.15) is 0 Å². The third kappa shape index (κ3) is 3.76. The number of hydrogen-bond acceptors (Lipinski definition) is 2. The van der Waals surface area contributed by atoms with Gasteiger partial charge in [0.1, 0.15) is 16.9 Å². The molecule has 0 amide bonds. The van der Waals surface area contributed by atoms with E-state index in [2.05, 4.69) is 19.1 Å². The molecule has 0 radical (unpaired) electrons. The van der Waals surface area contributed by atoms with E-state index in [0.717, 1.165) is 37.0 Å². The number of ether oxygens (including phenoxy) is 1. The van der Waals surface area contributed by atoms with Crippen LogP contribution in [-0.4, -0.2) is 11.4 Å². The second kappa shape index (κ2) is 7.23. The highest BCUT2D eigenvalue weighted by atomic mass is 35.5. The predicted molar refractivity (Wildman–Crippen MR) is 105 cm³/mol. The quantitative estimate of drug-likeness (QED) is 0.454. The minimum Gasteiger partial charge on any atom is -0.493 e. The summed E-state index contributed by atoms with van der Waals surface area (Å²) in [6.45, 7) is 2.07. The average Bonchev–Trinajstić information content (AvgIpc) is 2.63. The van der Waals surface area contributed by atoms with E-state index in [4.69, 9.17) is 16.3 Å². The van der Waals surface area contributed by atoms with Crippen LogP contribution in [0.4, 0.5) is 0 Å². The zero-order valence-electron chi connectivity index (χ0n) is 15.4. The smallest absolute Gasteiger partial charge is 0.200 e. The van der Waals surface area contributed by atoms with Crippen LogP contribution < -0.4 is 0 Å². The summed E-state index contributed by atoms with van der Waals surface area (Å²) >= 11 is 6.24. The first-order valence-corrected chi connectivity index (χ1v) is 10.2. The fourth-order valence-electron chi connectivity index (χ4n) is 5.59. The van der Waals surface area contributed by atoms with E-state index in [-0.39, 0.29) is 22.3 Å². The lowest BCUT2D eigenvalue weighted by molar-refractivity contribution is -0.131. The van der Waals surface area contributed by atoms with Gasteiger partial charge in [-0.25, -0.2) is 0 Å². The molecule has 0 spiro atoms. The Balaban J connectivity index is 1.37. The molecule has 138 valence electrons. The van der Waals surface area contributed by atoms with E-state index in [0.29, 0.717) is 0 Å². The van der Waals surface area contributed by atoms with Gasteiger partial charge in [-0.05, 0) is 73.8 Å². The lowest BCUT2D eigenvalue weighted by Gasteiger charge is -2.55. The van der Waals surface area contributed by atoms with Crippen LogP contribution in [0.3, 0.4) is 0 Å². The van der Waals surface area contributed by atoms with Crippen LogP contribution in [0.2, 0.25) is 0 Å². The number of carbonyl (C=O) groups excluding carboxylic acids is 1. The van der Waals surface area contributed by atoms with Gasteiger partial charge in [-0.1, -0.05) is 54.9 Å². The van der Waals surface area contributed by atoms with Gasteiger partial charge in [0.15, 0.2) is 5.78 Å². The number of carbonyl (C=O) groups is 1. The molecule has 1 unspecified atom stereocenters. The summed E-state index contributed by atoms with van der Waals surface area (Å²) in [6, 6.07) is 10.1. The Hall–Kier alpha value is -1.54. The number of allylic oxidation sites excluding steroid dienone is 3. The predicted octanol–water partition coefficient (Wildman–Crippen LogP) is 5.98. The highest BCUT2D eigenvalue weighted by Crippen LogP contribution is 2.57. The summed E-state index contributed by atoms with van der Waals surface area (Å²) in [5.41, 5.74) is 1.12. The molecule has 5 rings (SSSR count). The lowest BCUT2D eigenvalue weighted by Crippen LogP contribution is -2.51. The standard InChI is InChI=1S/C23H27ClO2/c1-16(20-5-3-2-4-6-20)7-8-22(25)21(24)15-26-23-12-17-9-18(13-23)11-19(10-17)14-23/h2-8,15-19H,9-14H2,1H3/b8-7-,21-15-. The van der Waals surface area contributed by atoms with Crippen molar-refractivity contribution in [1.82, 2.24) is 0 Å². The van der Waals surface area contributed by atoms with Gasteiger partial charge in [0.05, 0.1) is 0 Å². The van der Waals surface area contributed by atoms with Crippen LogP contribution in [0.1, 0.15) is 56.9 Å². The van der Waals surface area contributed by atoms with Gasteiger partial charge >= 0.3 is 0 Å². The highest BCUT2D eigenvalue weighted by Gasteiger charge is 2.52. The van der Waals surface area contributed by atoms with E-state index >= 15 is 0 Å². The Morgan fingerprint density at radius 1 is 1.12 bits per heavy atom. The van der Waals surface area contributed by atoms with Gasteiger partial charge in [0, 0.05) is 0 Å². The molecule has 4 fully saturated rings. The van der Waals surface area contributed by atoms with Crippen molar-refractivity contribution in [1.29, 1.82) is 0 Å². The molecule has 26 heavy (non-hydrogen) atoms. The monoisotopic (exact) mass is 370 g/mol. The molecule has 0 aromatic heterocycles. The summed E-state index contributed by atoms with van der Waals surface area (Å²) in [5, 5.41) is 0.178. The molecule has 0 saturated heterocycles. The van der Waals surface area contributed by atoms with E-state index in [1.807, 2.05) is 24.3 Å². The van der Waals surface area contributed by atoms with Crippen molar-refractivity contribution in [3.8, 4) is 0 Å². The lowest BCUT2D eigenvalue weighted by atomic mass is 9.54. The van der Waals surface area contributed by atoms with E-state index in [9.17, 15) is 4.79 Å². The third-order valence-corrected chi connectivity index (χ3v) is 6.77. The van der Waals surface area contributed by atoms with E-state index in [1.54, 1.807) is 6.08 Å². The van der Waals surface area contributed by atoms with Gasteiger partial charge < -0.3 is 4.74 Å². The highest BCUT2D eigenvalue weighted by molar-refractivity contribution is 6.44. The van der Waals surface area contributed by atoms with Crippen LogP contribution in [0.5, 0.6) is 0 Å². The molecule has 4 saturated carbocycles. The Labute approximate surface area is 161 Å². The molecular formula is C23H27ClO2. The van der Waals surface area contributed by atoms with Crippen LogP contribution in [-0.2, 0) is 9.53 Å². The molecular weight excluding hydrogens is 344 g/mol. The van der Waals surface area contributed by atoms with Crippen LogP contribution >= 0.6 is 11.6 Å². The minimum absolute atomic E-state index is 0.0593. The Morgan fingerprint density at radius 3 is 2.27 bits per heavy atom. The molecule has 1 aromatic rings. The topological polar surface area (TPSA) is 26.3 Å². The van der Waals surface area contributed by atoms with Crippen molar-refractivity contribution in [2.24, 2.45) is 17.8 Å². The molecule has 2 nitrogen and oxygen atoms in total. The average molecular weight is 371 g/mol. The molecule has 3 heteroatoms. The maximum absolute atomic E-state index is 12.3.